The summed E-state index contributed by atoms with van der Waals surface area (Å²) in [6.45, 7) is 1.98. The summed E-state index contributed by atoms with van der Waals surface area (Å²) in [5.41, 5.74) is 3.27. The third-order valence-corrected chi connectivity index (χ3v) is 5.80. The molecular formula is C23H21ClN2O6S. The summed E-state index contributed by atoms with van der Waals surface area (Å²) < 4.78 is 41.1. The number of rotatable bonds is 9. The van der Waals surface area contributed by atoms with Crippen LogP contribution in [0.5, 0.6) is 17.2 Å². The minimum atomic E-state index is -4.12. The van der Waals surface area contributed by atoms with Crippen molar-refractivity contribution in [3.8, 4) is 17.2 Å². The van der Waals surface area contributed by atoms with Gasteiger partial charge in [-0.15, -0.1) is 0 Å². The van der Waals surface area contributed by atoms with Crippen molar-refractivity contribution in [3.05, 3.63) is 82.9 Å². The molecule has 0 aliphatic rings. The van der Waals surface area contributed by atoms with Crippen molar-refractivity contribution in [3.63, 3.8) is 0 Å². The molecule has 0 radical (unpaired) electrons. The lowest BCUT2D eigenvalue weighted by atomic mass is 10.2. The van der Waals surface area contributed by atoms with Gasteiger partial charge in [0.2, 0.25) is 5.75 Å². The van der Waals surface area contributed by atoms with Crippen LogP contribution in [0.4, 0.5) is 0 Å². The second kappa shape index (κ2) is 10.8. The van der Waals surface area contributed by atoms with E-state index in [9.17, 15) is 13.2 Å². The highest BCUT2D eigenvalue weighted by atomic mass is 35.5. The number of nitrogens with zero attached hydrogens (tertiary/aromatic N) is 1. The lowest BCUT2D eigenvalue weighted by Gasteiger charge is -2.14. The second-order valence-electron chi connectivity index (χ2n) is 6.54. The Labute approximate surface area is 196 Å². The average molecular weight is 489 g/mol. The topological polar surface area (TPSA) is 103 Å². The Morgan fingerprint density at radius 2 is 1.79 bits per heavy atom. The maximum absolute atomic E-state index is 12.6. The zero-order valence-corrected chi connectivity index (χ0v) is 19.4. The van der Waals surface area contributed by atoms with Gasteiger partial charge in [-0.2, -0.15) is 13.5 Å². The van der Waals surface area contributed by atoms with Crippen LogP contribution in [0.3, 0.4) is 0 Å². The van der Waals surface area contributed by atoms with Crippen LogP contribution in [0.2, 0.25) is 5.02 Å². The predicted octanol–water partition coefficient (Wildman–Crippen LogP) is 4.28. The lowest BCUT2D eigenvalue weighted by molar-refractivity contribution is 0.0955. The summed E-state index contributed by atoms with van der Waals surface area (Å²) in [4.78, 5) is 12.2. The number of ether oxygens (including phenoxy) is 2. The lowest BCUT2D eigenvalue weighted by Crippen LogP contribution is -2.17. The van der Waals surface area contributed by atoms with Gasteiger partial charge in [-0.05, 0) is 61.0 Å². The fourth-order valence-corrected chi connectivity index (χ4v) is 4.01. The van der Waals surface area contributed by atoms with Crippen LogP contribution in [0.25, 0.3) is 0 Å². The number of hydrogen-bond donors (Lipinski definition) is 1. The average Bonchev–Trinajstić information content (AvgIpc) is 2.82. The van der Waals surface area contributed by atoms with E-state index in [0.717, 1.165) is 0 Å². The van der Waals surface area contributed by atoms with E-state index in [-0.39, 0.29) is 28.0 Å². The minimum Gasteiger partial charge on any atom is -0.497 e. The van der Waals surface area contributed by atoms with Crippen LogP contribution < -0.4 is 19.1 Å². The maximum atomic E-state index is 12.6. The normalized spacial score (nSPS) is 11.2. The summed E-state index contributed by atoms with van der Waals surface area (Å²) in [5, 5.41) is 3.93. The minimum absolute atomic E-state index is 0.00314. The third-order valence-electron chi connectivity index (χ3n) is 4.29. The van der Waals surface area contributed by atoms with Crippen molar-refractivity contribution in [1.29, 1.82) is 0 Å². The molecule has 0 heterocycles. The molecule has 1 amide bonds. The second-order valence-corrected chi connectivity index (χ2v) is 8.49. The number of methoxy groups -OCH3 is 1. The van der Waals surface area contributed by atoms with Crippen molar-refractivity contribution in [2.45, 2.75) is 11.8 Å². The van der Waals surface area contributed by atoms with Crippen molar-refractivity contribution in [2.24, 2.45) is 5.10 Å². The molecular weight excluding hydrogens is 468 g/mol. The van der Waals surface area contributed by atoms with Gasteiger partial charge < -0.3 is 13.7 Å². The quantitative estimate of drug-likeness (QED) is 0.274. The van der Waals surface area contributed by atoms with E-state index < -0.39 is 16.0 Å². The number of nitrogens with one attached hydrogen (secondary N) is 1. The molecule has 1 N–H and O–H groups in total. The van der Waals surface area contributed by atoms with Gasteiger partial charge in [0.25, 0.3) is 5.91 Å². The largest absolute Gasteiger partial charge is 0.497 e. The highest BCUT2D eigenvalue weighted by molar-refractivity contribution is 7.87. The summed E-state index contributed by atoms with van der Waals surface area (Å²) in [7, 11) is -2.58. The van der Waals surface area contributed by atoms with Crippen molar-refractivity contribution < 1.29 is 26.9 Å². The molecule has 0 bridgehead atoms. The summed E-state index contributed by atoms with van der Waals surface area (Å²) in [6, 6.07) is 17.2. The van der Waals surface area contributed by atoms with Crippen LogP contribution in [-0.2, 0) is 10.1 Å². The van der Waals surface area contributed by atoms with E-state index in [1.807, 2.05) is 0 Å². The Balaban J connectivity index is 1.79. The molecule has 0 saturated carbocycles. The molecule has 8 nitrogen and oxygen atoms in total. The number of hydrogen-bond acceptors (Lipinski definition) is 7. The van der Waals surface area contributed by atoms with Crippen molar-refractivity contribution in [2.75, 3.05) is 13.7 Å². The first-order chi connectivity index (χ1) is 15.8. The molecule has 3 aromatic carbocycles. The standard InChI is InChI=1S/C23H21ClN2O6S/c1-3-31-21-14-16(15-25-26-23(27)17-9-11-18(30-2)12-10-17)13-20(24)22(21)32-33(28,29)19-7-5-4-6-8-19/h4-15H,3H2,1-2H3,(H,26,27). The van der Waals surface area contributed by atoms with Crippen LogP contribution in [-0.4, -0.2) is 34.3 Å². The molecule has 172 valence electrons. The molecule has 0 aliphatic carbocycles. The van der Waals surface area contributed by atoms with Crippen LogP contribution in [0, 0.1) is 0 Å². The Morgan fingerprint density at radius 1 is 1.09 bits per heavy atom. The number of carbonyl (C=O) groups is 1. The number of carbonyl (C=O) groups excluding carboxylic acids is 1. The Bertz CT molecular complexity index is 1250. The first kappa shape index (κ1) is 24.1. The van der Waals surface area contributed by atoms with E-state index in [1.165, 1.54) is 37.6 Å². The van der Waals surface area contributed by atoms with Gasteiger partial charge in [0.05, 0.1) is 25.0 Å². The van der Waals surface area contributed by atoms with Gasteiger partial charge in [-0.3, -0.25) is 4.79 Å². The number of amides is 1. The molecule has 0 atom stereocenters. The highest BCUT2D eigenvalue weighted by Gasteiger charge is 2.22. The number of halogens is 1. The fraction of sp³-hybridized carbons (Fsp3) is 0.130. The van der Waals surface area contributed by atoms with E-state index in [0.29, 0.717) is 16.9 Å². The Hall–Kier alpha value is -3.56. The molecule has 0 fully saturated rings. The van der Waals surface area contributed by atoms with Crippen LogP contribution in [0.15, 0.2) is 76.7 Å². The molecule has 0 aromatic heterocycles. The molecule has 0 unspecified atom stereocenters. The maximum Gasteiger partial charge on any atom is 0.339 e. The summed E-state index contributed by atoms with van der Waals surface area (Å²) in [6.07, 6.45) is 1.35. The number of benzene rings is 3. The van der Waals surface area contributed by atoms with Crippen molar-refractivity contribution in [1.82, 2.24) is 5.43 Å². The molecule has 0 saturated heterocycles. The Morgan fingerprint density at radius 3 is 2.42 bits per heavy atom. The summed E-state index contributed by atoms with van der Waals surface area (Å²) >= 11 is 6.30. The van der Waals surface area contributed by atoms with E-state index in [2.05, 4.69) is 10.5 Å². The van der Waals surface area contributed by atoms with Gasteiger partial charge in [0, 0.05) is 5.56 Å². The monoisotopic (exact) mass is 488 g/mol. The molecule has 10 heteroatoms. The smallest absolute Gasteiger partial charge is 0.339 e. The van der Waals surface area contributed by atoms with Crippen LogP contribution in [0.1, 0.15) is 22.8 Å². The van der Waals surface area contributed by atoms with Gasteiger partial charge in [-0.25, -0.2) is 5.43 Å². The molecule has 3 aromatic rings. The Kier molecular flexibility index (Phi) is 7.92. The molecule has 33 heavy (non-hydrogen) atoms. The van der Waals surface area contributed by atoms with Gasteiger partial charge in [0.15, 0.2) is 5.75 Å². The molecule has 3 rings (SSSR count). The SMILES string of the molecule is CCOc1cc(C=NNC(=O)c2ccc(OC)cc2)cc(Cl)c1OS(=O)(=O)c1ccccc1. The molecule has 0 aliphatic heterocycles. The fourth-order valence-electron chi connectivity index (χ4n) is 2.72. The predicted molar refractivity (Wildman–Crippen MR) is 125 cm³/mol. The highest BCUT2D eigenvalue weighted by Crippen LogP contribution is 2.38. The summed E-state index contributed by atoms with van der Waals surface area (Å²) in [5.74, 6) is 0.192. The first-order valence-corrected chi connectivity index (χ1v) is 11.6. The first-order valence-electron chi connectivity index (χ1n) is 9.77. The van der Waals surface area contributed by atoms with Crippen LogP contribution >= 0.6 is 11.6 Å². The van der Waals surface area contributed by atoms with Gasteiger partial charge in [0.1, 0.15) is 10.6 Å². The van der Waals surface area contributed by atoms with Crippen molar-refractivity contribution >= 4 is 33.8 Å². The van der Waals surface area contributed by atoms with E-state index in [4.69, 9.17) is 25.3 Å². The zero-order chi connectivity index (χ0) is 23.8. The number of hydrazone groups is 1. The third kappa shape index (κ3) is 6.24. The van der Waals surface area contributed by atoms with E-state index in [1.54, 1.807) is 49.4 Å². The van der Waals surface area contributed by atoms with Gasteiger partial charge in [-0.1, -0.05) is 29.8 Å². The van der Waals surface area contributed by atoms with Gasteiger partial charge >= 0.3 is 10.1 Å². The molecule has 0 spiro atoms. The zero-order valence-electron chi connectivity index (χ0n) is 17.8. The van der Waals surface area contributed by atoms with E-state index >= 15 is 0 Å².